The second kappa shape index (κ2) is 11.3. The first kappa shape index (κ1) is 27.0. The molecule has 3 aromatic carbocycles. The van der Waals surface area contributed by atoms with Crippen LogP contribution >= 0.6 is 11.8 Å². The number of nitrogens with one attached hydrogen (secondary N) is 1. The molecule has 1 N–H and O–H groups in total. The van der Waals surface area contributed by atoms with Gasteiger partial charge >= 0.3 is 0 Å². The predicted molar refractivity (Wildman–Crippen MR) is 161 cm³/mol. The number of carbonyl (C=O) groups is 2. The third kappa shape index (κ3) is 5.41. The molecule has 0 bridgehead atoms. The predicted octanol–water partition coefficient (Wildman–Crippen LogP) is 5.52. The number of nitrogens with zero attached hydrogens (tertiary/aromatic N) is 3. The summed E-state index contributed by atoms with van der Waals surface area (Å²) in [6.45, 7) is 6.74. The number of thioether (sulfide) groups is 1. The van der Waals surface area contributed by atoms with Crippen molar-refractivity contribution in [2.75, 3.05) is 30.5 Å². The first-order chi connectivity index (χ1) is 19.9. The number of carbonyl (C=O) groups excluding carboxylic acids is 2. The van der Waals surface area contributed by atoms with Crippen molar-refractivity contribution in [1.82, 2.24) is 15.1 Å². The highest BCUT2D eigenvalue weighted by atomic mass is 32.2. The normalized spacial score (nSPS) is 16.0. The fourth-order valence-corrected chi connectivity index (χ4v) is 6.24. The summed E-state index contributed by atoms with van der Waals surface area (Å²) in [4.78, 5) is 28.6. The van der Waals surface area contributed by atoms with Gasteiger partial charge in [-0.15, -0.1) is 11.8 Å². The molecular weight excluding hydrogens is 536 g/mol. The lowest BCUT2D eigenvalue weighted by Crippen LogP contribution is -2.43. The van der Waals surface area contributed by atoms with Crippen LogP contribution in [0.25, 0.3) is 16.9 Å². The monoisotopic (exact) mass is 568 g/mol. The van der Waals surface area contributed by atoms with Gasteiger partial charge in [0, 0.05) is 17.7 Å². The number of hydrogen-bond donors (Lipinski definition) is 1. The van der Waals surface area contributed by atoms with Gasteiger partial charge in [-0.1, -0.05) is 67.9 Å². The Balaban J connectivity index is 1.57. The Morgan fingerprint density at radius 2 is 1.80 bits per heavy atom. The zero-order valence-electron chi connectivity index (χ0n) is 23.3. The van der Waals surface area contributed by atoms with Gasteiger partial charge in [-0.2, -0.15) is 5.10 Å². The molecular formula is C32H32N4O4S. The lowest BCUT2D eigenvalue weighted by molar-refractivity contribution is -0.123. The van der Waals surface area contributed by atoms with Crippen molar-refractivity contribution >= 4 is 29.4 Å². The van der Waals surface area contributed by atoms with Gasteiger partial charge in [-0.05, 0) is 42.7 Å². The number of fused-ring (bicyclic) bond motifs is 2. The Hall–Kier alpha value is -4.24. The van der Waals surface area contributed by atoms with Gasteiger partial charge in [0.05, 0.1) is 22.4 Å². The van der Waals surface area contributed by atoms with E-state index in [2.05, 4.69) is 5.32 Å². The van der Waals surface area contributed by atoms with E-state index in [1.165, 1.54) is 11.8 Å². The quantitative estimate of drug-likeness (QED) is 0.316. The molecule has 4 aromatic rings. The Kier molecular flexibility index (Phi) is 7.45. The van der Waals surface area contributed by atoms with E-state index >= 15 is 0 Å². The van der Waals surface area contributed by atoms with Crippen LogP contribution in [0, 0.1) is 12.8 Å². The molecule has 2 aliphatic heterocycles. The molecule has 6 rings (SSSR count). The average molecular weight is 569 g/mol. The van der Waals surface area contributed by atoms with E-state index in [0.29, 0.717) is 29.8 Å². The van der Waals surface area contributed by atoms with Crippen LogP contribution in [0.3, 0.4) is 0 Å². The molecule has 1 aromatic heterocycles. The molecule has 1 atom stereocenters. The lowest BCUT2D eigenvalue weighted by Gasteiger charge is -2.23. The van der Waals surface area contributed by atoms with Gasteiger partial charge in [0.15, 0.2) is 11.5 Å². The van der Waals surface area contributed by atoms with Crippen molar-refractivity contribution in [3.05, 3.63) is 89.5 Å². The maximum absolute atomic E-state index is 13.8. The van der Waals surface area contributed by atoms with E-state index in [1.807, 2.05) is 98.2 Å². The summed E-state index contributed by atoms with van der Waals surface area (Å²) in [6, 6.07) is 23.9. The van der Waals surface area contributed by atoms with Crippen LogP contribution in [-0.2, 0) is 9.59 Å². The van der Waals surface area contributed by atoms with Crippen LogP contribution in [0.1, 0.15) is 35.8 Å². The van der Waals surface area contributed by atoms with E-state index in [1.54, 1.807) is 4.90 Å². The van der Waals surface area contributed by atoms with Crippen molar-refractivity contribution in [3.8, 4) is 28.4 Å². The van der Waals surface area contributed by atoms with Crippen LogP contribution in [0.15, 0.2) is 72.8 Å². The minimum absolute atomic E-state index is 0.0985. The number of hydrogen-bond acceptors (Lipinski definition) is 6. The van der Waals surface area contributed by atoms with E-state index in [0.717, 1.165) is 33.6 Å². The van der Waals surface area contributed by atoms with Crippen molar-refractivity contribution < 1.29 is 19.1 Å². The summed E-state index contributed by atoms with van der Waals surface area (Å²) >= 11 is 1.53. The van der Waals surface area contributed by atoms with Gasteiger partial charge < -0.3 is 14.8 Å². The maximum atomic E-state index is 13.8. The minimum Gasteiger partial charge on any atom is -0.454 e. The van der Waals surface area contributed by atoms with Gasteiger partial charge in [0.2, 0.25) is 18.6 Å². The largest absolute Gasteiger partial charge is 0.454 e. The molecule has 0 unspecified atom stereocenters. The maximum Gasteiger partial charge on any atom is 0.240 e. The molecule has 2 amide bonds. The Labute approximate surface area is 243 Å². The third-order valence-corrected chi connectivity index (χ3v) is 8.38. The first-order valence-electron chi connectivity index (χ1n) is 13.7. The van der Waals surface area contributed by atoms with Crippen LogP contribution in [-0.4, -0.2) is 47.2 Å². The second-order valence-electron chi connectivity index (χ2n) is 10.7. The summed E-state index contributed by atoms with van der Waals surface area (Å²) in [6.07, 6.45) is 0. The SMILES string of the molecule is Cc1ccc(-n2nc(-c3ccccc3)c3c2N(CC(=O)NCC(C)C)C(=O)CS[C@H]3c2ccc3c(c2)OCO3)cc1. The number of anilines is 1. The van der Waals surface area contributed by atoms with Crippen LogP contribution in [0.2, 0.25) is 0 Å². The van der Waals surface area contributed by atoms with Gasteiger partial charge in [-0.25, -0.2) is 4.68 Å². The molecule has 0 fully saturated rings. The molecule has 0 saturated carbocycles. The average Bonchev–Trinajstić information content (AvgIpc) is 3.57. The van der Waals surface area contributed by atoms with Crippen LogP contribution in [0.4, 0.5) is 5.82 Å². The van der Waals surface area contributed by atoms with Gasteiger partial charge in [0.1, 0.15) is 12.4 Å². The molecule has 8 nitrogen and oxygen atoms in total. The molecule has 41 heavy (non-hydrogen) atoms. The number of aryl methyl sites for hydroxylation is 1. The van der Waals surface area contributed by atoms with E-state index in [4.69, 9.17) is 14.6 Å². The topological polar surface area (TPSA) is 85.7 Å². The number of aromatic nitrogens is 2. The standard InChI is InChI=1S/C32H32N4O4S/c1-20(2)16-33-27(37)17-35-28(38)18-41-31(23-11-14-25-26(15-23)40-19-39-25)29-30(22-7-5-4-6-8-22)34-36(32(29)35)24-12-9-21(3)10-13-24/h4-15,20,31H,16-19H2,1-3H3,(H,33,37)/t31-/m0/s1. The molecule has 0 saturated heterocycles. The molecule has 0 spiro atoms. The highest BCUT2D eigenvalue weighted by Gasteiger charge is 2.38. The Bertz CT molecular complexity index is 1580. The summed E-state index contributed by atoms with van der Waals surface area (Å²) < 4.78 is 13.1. The third-order valence-electron chi connectivity index (χ3n) is 7.12. The smallest absolute Gasteiger partial charge is 0.240 e. The van der Waals surface area contributed by atoms with Crippen molar-refractivity contribution in [3.63, 3.8) is 0 Å². The highest BCUT2D eigenvalue weighted by molar-refractivity contribution is 8.00. The van der Waals surface area contributed by atoms with Crippen molar-refractivity contribution in [2.45, 2.75) is 26.0 Å². The number of rotatable bonds is 7. The summed E-state index contributed by atoms with van der Waals surface area (Å²) in [5, 5.41) is 7.87. The molecule has 9 heteroatoms. The van der Waals surface area contributed by atoms with Crippen LogP contribution in [0.5, 0.6) is 11.5 Å². The lowest BCUT2D eigenvalue weighted by atomic mass is 9.99. The number of benzene rings is 3. The fourth-order valence-electron chi connectivity index (χ4n) is 5.05. The molecule has 3 heterocycles. The van der Waals surface area contributed by atoms with E-state index in [9.17, 15) is 9.59 Å². The summed E-state index contributed by atoms with van der Waals surface area (Å²) in [5.74, 6) is 2.12. The first-order valence-corrected chi connectivity index (χ1v) is 14.8. The fraction of sp³-hybridized carbons (Fsp3) is 0.281. The zero-order chi connectivity index (χ0) is 28.5. The second-order valence-corrected chi connectivity index (χ2v) is 11.8. The molecule has 0 aliphatic carbocycles. The Morgan fingerprint density at radius 3 is 2.56 bits per heavy atom. The highest BCUT2D eigenvalue weighted by Crippen LogP contribution is 2.50. The van der Waals surface area contributed by atoms with Crippen molar-refractivity contribution in [1.29, 1.82) is 0 Å². The summed E-state index contributed by atoms with van der Waals surface area (Å²) in [7, 11) is 0. The van der Waals surface area contributed by atoms with Gasteiger partial charge in [-0.3, -0.25) is 14.5 Å². The van der Waals surface area contributed by atoms with E-state index < -0.39 is 0 Å². The van der Waals surface area contributed by atoms with E-state index in [-0.39, 0.29) is 36.2 Å². The zero-order valence-corrected chi connectivity index (χ0v) is 24.1. The molecule has 0 radical (unpaired) electrons. The van der Waals surface area contributed by atoms with Crippen LogP contribution < -0.4 is 19.7 Å². The number of ether oxygens (including phenoxy) is 2. The van der Waals surface area contributed by atoms with Gasteiger partial charge in [0.25, 0.3) is 0 Å². The summed E-state index contributed by atoms with van der Waals surface area (Å²) in [5.41, 5.74) is 5.47. The number of amides is 2. The Morgan fingerprint density at radius 1 is 1.05 bits per heavy atom. The molecule has 210 valence electrons. The van der Waals surface area contributed by atoms with Crippen molar-refractivity contribution in [2.24, 2.45) is 5.92 Å². The molecule has 2 aliphatic rings. The minimum atomic E-state index is -0.249.